The second-order valence-corrected chi connectivity index (χ2v) is 7.51. The summed E-state index contributed by atoms with van der Waals surface area (Å²) in [5.41, 5.74) is 7.31. The summed E-state index contributed by atoms with van der Waals surface area (Å²) in [6.45, 7) is 0.332. The van der Waals surface area contributed by atoms with Crippen molar-refractivity contribution >= 4 is 6.09 Å². The molecular weight excluding hydrogens is 276 g/mol. The van der Waals surface area contributed by atoms with E-state index >= 15 is 0 Å². The van der Waals surface area contributed by atoms with E-state index in [9.17, 15) is 4.79 Å². The van der Waals surface area contributed by atoms with Crippen molar-refractivity contribution in [1.82, 2.24) is 5.32 Å². The smallest absolute Gasteiger partial charge is 0.407 e. The Labute approximate surface area is 131 Å². The van der Waals surface area contributed by atoms with Gasteiger partial charge in [-0.05, 0) is 55.4 Å². The van der Waals surface area contributed by atoms with Gasteiger partial charge in [-0.25, -0.2) is 4.79 Å². The highest BCUT2D eigenvalue weighted by Crippen LogP contribution is 2.55. The largest absolute Gasteiger partial charge is 0.445 e. The summed E-state index contributed by atoms with van der Waals surface area (Å²) in [5.74, 6) is 1.91. The van der Waals surface area contributed by atoms with Crippen LogP contribution in [-0.4, -0.2) is 17.7 Å². The minimum absolute atomic E-state index is 0.0554. The van der Waals surface area contributed by atoms with E-state index in [4.69, 9.17) is 10.5 Å². The highest BCUT2D eigenvalue weighted by Gasteiger charge is 2.55. The second-order valence-electron chi connectivity index (χ2n) is 7.51. The zero-order valence-electron chi connectivity index (χ0n) is 12.8. The molecule has 2 unspecified atom stereocenters. The van der Waals surface area contributed by atoms with Gasteiger partial charge in [0.15, 0.2) is 0 Å². The molecular formula is C18H24N2O2. The standard InChI is InChI=1S/C18H24N2O2/c19-16-14-6-13-7-15(16)10-18(8-13,9-14)20-17(21)22-11-12-4-2-1-3-5-12/h1-5,13-16H,6-11,19H2,(H,20,21). The molecule has 0 spiro atoms. The van der Waals surface area contributed by atoms with Crippen LogP contribution in [0, 0.1) is 17.8 Å². The van der Waals surface area contributed by atoms with Crippen molar-refractivity contribution in [1.29, 1.82) is 0 Å². The van der Waals surface area contributed by atoms with E-state index in [1.807, 2.05) is 30.3 Å². The Morgan fingerprint density at radius 2 is 1.86 bits per heavy atom. The molecule has 5 rings (SSSR count). The number of ether oxygens (including phenoxy) is 1. The molecule has 22 heavy (non-hydrogen) atoms. The number of rotatable bonds is 3. The molecule has 0 aliphatic heterocycles. The number of benzene rings is 1. The van der Waals surface area contributed by atoms with E-state index in [0.29, 0.717) is 24.5 Å². The molecule has 1 aromatic carbocycles. The Morgan fingerprint density at radius 1 is 1.18 bits per heavy atom. The van der Waals surface area contributed by atoms with Gasteiger partial charge in [-0.15, -0.1) is 0 Å². The molecule has 3 N–H and O–H groups in total. The molecule has 4 aliphatic rings. The molecule has 1 aromatic rings. The highest BCUT2D eigenvalue weighted by atomic mass is 16.5. The van der Waals surface area contributed by atoms with Crippen LogP contribution in [0.25, 0.3) is 0 Å². The van der Waals surface area contributed by atoms with Crippen molar-refractivity contribution in [3.63, 3.8) is 0 Å². The molecule has 4 fully saturated rings. The molecule has 4 saturated carbocycles. The van der Waals surface area contributed by atoms with Crippen molar-refractivity contribution in [2.24, 2.45) is 23.5 Å². The maximum absolute atomic E-state index is 12.2. The van der Waals surface area contributed by atoms with Crippen LogP contribution < -0.4 is 11.1 Å². The molecule has 0 radical (unpaired) electrons. The van der Waals surface area contributed by atoms with E-state index in [-0.39, 0.29) is 11.6 Å². The van der Waals surface area contributed by atoms with Crippen LogP contribution in [0.15, 0.2) is 30.3 Å². The van der Waals surface area contributed by atoms with Gasteiger partial charge < -0.3 is 15.8 Å². The Bertz CT molecular complexity index is 543. The zero-order chi connectivity index (χ0) is 15.2. The molecule has 2 atom stereocenters. The summed E-state index contributed by atoms with van der Waals surface area (Å²) in [6, 6.07) is 10.1. The minimum atomic E-state index is -0.278. The topological polar surface area (TPSA) is 64.3 Å². The minimum Gasteiger partial charge on any atom is -0.445 e. The van der Waals surface area contributed by atoms with Crippen LogP contribution in [0.2, 0.25) is 0 Å². The predicted molar refractivity (Wildman–Crippen MR) is 84.0 cm³/mol. The van der Waals surface area contributed by atoms with Crippen LogP contribution in [-0.2, 0) is 11.3 Å². The molecule has 4 heteroatoms. The highest BCUT2D eigenvalue weighted by molar-refractivity contribution is 5.68. The lowest BCUT2D eigenvalue weighted by Crippen LogP contribution is -2.65. The molecule has 0 aromatic heterocycles. The second kappa shape index (κ2) is 5.27. The van der Waals surface area contributed by atoms with E-state index in [1.54, 1.807) is 0 Å². The molecule has 4 aliphatic carbocycles. The molecule has 4 bridgehead atoms. The first-order valence-electron chi connectivity index (χ1n) is 8.38. The summed E-state index contributed by atoms with van der Waals surface area (Å²) < 4.78 is 5.41. The fraction of sp³-hybridized carbons (Fsp3) is 0.611. The number of nitrogens with one attached hydrogen (secondary N) is 1. The van der Waals surface area contributed by atoms with Gasteiger partial charge in [0.2, 0.25) is 0 Å². The fourth-order valence-corrected chi connectivity index (χ4v) is 5.19. The fourth-order valence-electron chi connectivity index (χ4n) is 5.19. The first-order chi connectivity index (χ1) is 10.6. The summed E-state index contributed by atoms with van der Waals surface area (Å²) in [4.78, 5) is 12.2. The van der Waals surface area contributed by atoms with Gasteiger partial charge in [-0.3, -0.25) is 0 Å². The number of carbonyl (C=O) groups is 1. The summed E-state index contributed by atoms with van der Waals surface area (Å²) in [7, 11) is 0. The lowest BCUT2D eigenvalue weighted by molar-refractivity contribution is -0.0347. The average Bonchev–Trinajstić information content (AvgIpc) is 2.50. The third-order valence-electron chi connectivity index (χ3n) is 5.93. The van der Waals surface area contributed by atoms with Crippen molar-refractivity contribution in [3.05, 3.63) is 35.9 Å². The van der Waals surface area contributed by atoms with E-state index < -0.39 is 0 Å². The number of hydrogen-bond donors (Lipinski definition) is 2. The third-order valence-corrected chi connectivity index (χ3v) is 5.93. The molecule has 1 amide bonds. The van der Waals surface area contributed by atoms with Gasteiger partial charge >= 0.3 is 6.09 Å². The Balaban J connectivity index is 1.38. The number of carbonyl (C=O) groups excluding carboxylic acids is 1. The van der Waals surface area contributed by atoms with Crippen LogP contribution >= 0.6 is 0 Å². The third kappa shape index (κ3) is 2.50. The van der Waals surface area contributed by atoms with Gasteiger partial charge in [0, 0.05) is 11.6 Å². The zero-order valence-corrected chi connectivity index (χ0v) is 12.8. The maximum atomic E-state index is 12.2. The molecule has 4 nitrogen and oxygen atoms in total. The monoisotopic (exact) mass is 300 g/mol. The van der Waals surface area contributed by atoms with E-state index in [2.05, 4.69) is 5.32 Å². The lowest BCUT2D eigenvalue weighted by Gasteiger charge is -2.59. The van der Waals surface area contributed by atoms with Crippen molar-refractivity contribution < 1.29 is 9.53 Å². The average molecular weight is 300 g/mol. The molecule has 0 saturated heterocycles. The van der Waals surface area contributed by atoms with Gasteiger partial charge in [0.1, 0.15) is 6.61 Å². The van der Waals surface area contributed by atoms with Gasteiger partial charge in [0.25, 0.3) is 0 Å². The van der Waals surface area contributed by atoms with Gasteiger partial charge in [0.05, 0.1) is 0 Å². The van der Waals surface area contributed by atoms with Crippen LogP contribution in [0.4, 0.5) is 4.79 Å². The number of hydrogen-bond acceptors (Lipinski definition) is 3. The predicted octanol–water partition coefficient (Wildman–Crippen LogP) is 2.82. The number of amides is 1. The Hall–Kier alpha value is -1.55. The van der Waals surface area contributed by atoms with E-state index in [1.165, 1.54) is 12.8 Å². The molecule has 0 heterocycles. The summed E-state index contributed by atoms with van der Waals surface area (Å²) in [6.07, 6.45) is 5.39. The maximum Gasteiger partial charge on any atom is 0.407 e. The first-order valence-corrected chi connectivity index (χ1v) is 8.38. The molecule has 118 valence electrons. The summed E-state index contributed by atoms with van der Waals surface area (Å²) >= 11 is 0. The van der Waals surface area contributed by atoms with Crippen LogP contribution in [0.3, 0.4) is 0 Å². The van der Waals surface area contributed by atoms with Crippen molar-refractivity contribution in [3.8, 4) is 0 Å². The number of nitrogens with two attached hydrogens (primary N) is 1. The Kier molecular flexibility index (Phi) is 3.37. The Morgan fingerprint density at radius 3 is 2.55 bits per heavy atom. The quantitative estimate of drug-likeness (QED) is 0.902. The van der Waals surface area contributed by atoms with Gasteiger partial charge in [-0.2, -0.15) is 0 Å². The summed E-state index contributed by atoms with van der Waals surface area (Å²) in [5, 5.41) is 3.20. The van der Waals surface area contributed by atoms with Crippen molar-refractivity contribution in [2.45, 2.75) is 50.3 Å². The first kappa shape index (κ1) is 14.1. The van der Waals surface area contributed by atoms with Crippen LogP contribution in [0.1, 0.15) is 37.7 Å². The van der Waals surface area contributed by atoms with Gasteiger partial charge in [-0.1, -0.05) is 30.3 Å². The number of alkyl carbamates (subject to hydrolysis) is 1. The van der Waals surface area contributed by atoms with Crippen LogP contribution in [0.5, 0.6) is 0 Å². The SMILES string of the molecule is NC1C2CC3CC1CC(NC(=O)OCc1ccccc1)(C3)C2. The normalized spacial score (nSPS) is 38.8. The lowest BCUT2D eigenvalue weighted by atomic mass is 9.51. The van der Waals surface area contributed by atoms with E-state index in [0.717, 1.165) is 30.7 Å². The van der Waals surface area contributed by atoms with Crippen molar-refractivity contribution in [2.75, 3.05) is 0 Å².